The van der Waals surface area contributed by atoms with Gasteiger partial charge in [-0.3, -0.25) is 4.99 Å². The molecule has 0 aliphatic carbocycles. The van der Waals surface area contributed by atoms with E-state index in [0.717, 1.165) is 11.3 Å². The highest BCUT2D eigenvalue weighted by Gasteiger charge is 2.26. The Labute approximate surface area is 108 Å². The highest BCUT2D eigenvalue weighted by atomic mass is 32.2. The zero-order chi connectivity index (χ0) is 13.0. The molecule has 1 fully saturated rings. The van der Waals surface area contributed by atoms with Gasteiger partial charge in [-0.25, -0.2) is 8.42 Å². The third-order valence-electron chi connectivity index (χ3n) is 2.83. The van der Waals surface area contributed by atoms with E-state index in [2.05, 4.69) is 4.99 Å². The summed E-state index contributed by atoms with van der Waals surface area (Å²) in [5.41, 5.74) is 0.961. The minimum Gasteiger partial charge on any atom is -0.494 e. The maximum absolute atomic E-state index is 11.3. The fourth-order valence-corrected chi connectivity index (χ4v) is 3.54. The molecule has 98 valence electrons. The van der Waals surface area contributed by atoms with Gasteiger partial charge in [0.05, 0.1) is 24.2 Å². The second-order valence-corrected chi connectivity index (χ2v) is 6.57. The van der Waals surface area contributed by atoms with Gasteiger partial charge in [0.1, 0.15) is 5.75 Å². The Balaban J connectivity index is 1.97. The van der Waals surface area contributed by atoms with Gasteiger partial charge in [0.25, 0.3) is 0 Å². The summed E-state index contributed by atoms with van der Waals surface area (Å²) < 4.78 is 27.9. The first-order valence-electron chi connectivity index (χ1n) is 6.05. The number of hydrogen-bond acceptors (Lipinski definition) is 4. The Morgan fingerprint density at radius 3 is 2.67 bits per heavy atom. The maximum Gasteiger partial charge on any atom is 0.152 e. The summed E-state index contributed by atoms with van der Waals surface area (Å²) >= 11 is 0. The molecule has 1 heterocycles. The molecule has 0 bridgehead atoms. The lowest BCUT2D eigenvalue weighted by atomic mass is 10.2. The van der Waals surface area contributed by atoms with Gasteiger partial charge in [-0.2, -0.15) is 0 Å². The van der Waals surface area contributed by atoms with E-state index >= 15 is 0 Å². The van der Waals surface area contributed by atoms with Crippen molar-refractivity contribution in [1.29, 1.82) is 0 Å². The van der Waals surface area contributed by atoms with Crippen LogP contribution in [0.15, 0.2) is 29.3 Å². The van der Waals surface area contributed by atoms with Crippen molar-refractivity contribution in [2.45, 2.75) is 19.4 Å². The lowest BCUT2D eigenvalue weighted by molar-refractivity contribution is 0.340. The van der Waals surface area contributed by atoms with Crippen molar-refractivity contribution in [2.75, 3.05) is 18.1 Å². The van der Waals surface area contributed by atoms with Crippen molar-refractivity contribution in [3.05, 3.63) is 29.8 Å². The molecule has 0 saturated carbocycles. The molecule has 0 unspecified atom stereocenters. The minimum absolute atomic E-state index is 0.0819. The zero-order valence-corrected chi connectivity index (χ0v) is 11.2. The number of aliphatic imine (C=N–C) groups is 1. The number of nitrogens with zero attached hydrogens (tertiary/aromatic N) is 1. The van der Waals surface area contributed by atoms with E-state index in [1.807, 2.05) is 31.2 Å². The van der Waals surface area contributed by atoms with E-state index < -0.39 is 9.84 Å². The van der Waals surface area contributed by atoms with E-state index in [4.69, 9.17) is 4.74 Å². The second kappa shape index (κ2) is 5.52. The Hall–Kier alpha value is -1.36. The average Bonchev–Trinajstić information content (AvgIpc) is 2.69. The SMILES string of the molecule is CCOc1ccc(C=N[C@H]2CCS(=O)(=O)C2)cc1. The van der Waals surface area contributed by atoms with Gasteiger partial charge in [0.15, 0.2) is 9.84 Å². The molecule has 1 atom stereocenters. The number of ether oxygens (including phenoxy) is 1. The van der Waals surface area contributed by atoms with Crippen LogP contribution >= 0.6 is 0 Å². The van der Waals surface area contributed by atoms with Crippen LogP contribution in [0.2, 0.25) is 0 Å². The third-order valence-corrected chi connectivity index (χ3v) is 4.58. The zero-order valence-electron chi connectivity index (χ0n) is 10.4. The molecule has 5 heteroatoms. The summed E-state index contributed by atoms with van der Waals surface area (Å²) in [6, 6.07) is 7.52. The summed E-state index contributed by atoms with van der Waals surface area (Å²) in [5, 5.41) is 0. The maximum atomic E-state index is 11.3. The molecule has 1 aromatic carbocycles. The van der Waals surface area contributed by atoms with Gasteiger partial charge >= 0.3 is 0 Å². The van der Waals surface area contributed by atoms with Gasteiger partial charge in [-0.15, -0.1) is 0 Å². The van der Waals surface area contributed by atoms with Gasteiger partial charge < -0.3 is 4.74 Å². The molecular formula is C13H17NO3S. The van der Waals surface area contributed by atoms with E-state index in [-0.39, 0.29) is 17.5 Å². The molecule has 2 rings (SSSR count). The highest BCUT2D eigenvalue weighted by Crippen LogP contribution is 2.15. The molecule has 0 aromatic heterocycles. The van der Waals surface area contributed by atoms with Gasteiger partial charge in [0, 0.05) is 6.21 Å². The molecule has 18 heavy (non-hydrogen) atoms. The van der Waals surface area contributed by atoms with Crippen molar-refractivity contribution >= 4 is 16.1 Å². The summed E-state index contributed by atoms with van der Waals surface area (Å²) in [4.78, 5) is 4.32. The van der Waals surface area contributed by atoms with E-state index in [0.29, 0.717) is 13.0 Å². The molecule has 0 spiro atoms. The van der Waals surface area contributed by atoms with Gasteiger partial charge in [-0.1, -0.05) is 0 Å². The molecule has 0 N–H and O–H groups in total. The minimum atomic E-state index is -2.85. The van der Waals surface area contributed by atoms with Crippen LogP contribution in [0.1, 0.15) is 18.9 Å². The molecule has 1 aliphatic heterocycles. The predicted molar refractivity (Wildman–Crippen MR) is 72.3 cm³/mol. The first kappa shape index (κ1) is 13.1. The van der Waals surface area contributed by atoms with Crippen LogP contribution in [0.4, 0.5) is 0 Å². The first-order chi connectivity index (χ1) is 8.59. The van der Waals surface area contributed by atoms with E-state index in [9.17, 15) is 8.42 Å². The van der Waals surface area contributed by atoms with Crippen LogP contribution in [0.25, 0.3) is 0 Å². The standard InChI is InChI=1S/C13H17NO3S/c1-2-17-13-5-3-11(4-6-13)9-14-12-7-8-18(15,16)10-12/h3-6,9,12H,2,7-8,10H2,1H3/t12-/m0/s1. The van der Waals surface area contributed by atoms with Gasteiger partial charge in [0.2, 0.25) is 0 Å². The molecule has 0 amide bonds. The lowest BCUT2D eigenvalue weighted by Crippen LogP contribution is -2.07. The predicted octanol–water partition coefficient (Wildman–Crippen LogP) is 1.69. The Morgan fingerprint density at radius 2 is 2.11 bits per heavy atom. The van der Waals surface area contributed by atoms with Crippen LogP contribution in [0, 0.1) is 0 Å². The summed E-state index contributed by atoms with van der Waals surface area (Å²) in [6.45, 7) is 2.59. The molecule has 1 aliphatic rings. The van der Waals surface area contributed by atoms with Crippen molar-refractivity contribution in [3.63, 3.8) is 0 Å². The number of hydrogen-bond donors (Lipinski definition) is 0. The fourth-order valence-electron chi connectivity index (χ4n) is 1.90. The smallest absolute Gasteiger partial charge is 0.152 e. The van der Waals surface area contributed by atoms with E-state index in [1.165, 1.54) is 0 Å². The van der Waals surface area contributed by atoms with Crippen molar-refractivity contribution < 1.29 is 13.2 Å². The van der Waals surface area contributed by atoms with Crippen LogP contribution in [-0.4, -0.2) is 38.8 Å². The largest absolute Gasteiger partial charge is 0.494 e. The monoisotopic (exact) mass is 267 g/mol. The molecule has 0 radical (unpaired) electrons. The Morgan fingerprint density at radius 1 is 1.39 bits per heavy atom. The molecular weight excluding hydrogens is 250 g/mol. The van der Waals surface area contributed by atoms with Crippen molar-refractivity contribution in [3.8, 4) is 5.75 Å². The molecule has 1 saturated heterocycles. The fraction of sp³-hybridized carbons (Fsp3) is 0.462. The number of rotatable bonds is 4. The summed E-state index contributed by atoms with van der Waals surface area (Å²) in [6.07, 6.45) is 2.37. The van der Waals surface area contributed by atoms with Crippen LogP contribution in [0.3, 0.4) is 0 Å². The van der Waals surface area contributed by atoms with E-state index in [1.54, 1.807) is 6.21 Å². The molecule has 4 nitrogen and oxygen atoms in total. The van der Waals surface area contributed by atoms with Crippen LogP contribution < -0.4 is 4.74 Å². The lowest BCUT2D eigenvalue weighted by Gasteiger charge is -2.03. The average molecular weight is 267 g/mol. The van der Waals surface area contributed by atoms with Gasteiger partial charge in [-0.05, 0) is 43.2 Å². The Bertz CT molecular complexity index is 520. The number of benzene rings is 1. The van der Waals surface area contributed by atoms with Crippen molar-refractivity contribution in [2.24, 2.45) is 4.99 Å². The highest BCUT2D eigenvalue weighted by molar-refractivity contribution is 7.91. The second-order valence-electron chi connectivity index (χ2n) is 4.34. The topological polar surface area (TPSA) is 55.7 Å². The van der Waals surface area contributed by atoms with Crippen molar-refractivity contribution in [1.82, 2.24) is 0 Å². The summed E-state index contributed by atoms with van der Waals surface area (Å²) in [5.74, 6) is 1.27. The number of sulfone groups is 1. The third kappa shape index (κ3) is 3.57. The summed E-state index contributed by atoms with van der Waals surface area (Å²) in [7, 11) is -2.85. The normalized spacial score (nSPS) is 22.4. The quantitative estimate of drug-likeness (QED) is 0.780. The Kier molecular flexibility index (Phi) is 4.01. The van der Waals surface area contributed by atoms with Crippen LogP contribution in [0.5, 0.6) is 5.75 Å². The van der Waals surface area contributed by atoms with Crippen LogP contribution in [-0.2, 0) is 9.84 Å². The molecule has 1 aromatic rings. The first-order valence-corrected chi connectivity index (χ1v) is 7.87.